The average molecular weight is 356 g/mol. The van der Waals surface area contributed by atoms with Crippen molar-refractivity contribution in [3.63, 3.8) is 0 Å². The number of halogens is 1. The fourth-order valence-corrected chi connectivity index (χ4v) is 2.83. The standard InChI is InChI=1S/C19H18ClN3O2/c1-12-7-8-13(20)11-16(12)22-18(24)10-9-17-21-15-6-4-3-5-14(15)19(25)23(17)2/h3-8,11H,9-10H2,1-2H3,(H,22,24). The number of nitrogens with zero attached hydrogens (tertiary/aromatic N) is 2. The molecule has 0 saturated heterocycles. The van der Waals surface area contributed by atoms with Gasteiger partial charge in [-0.3, -0.25) is 14.2 Å². The second-order valence-corrected chi connectivity index (χ2v) is 6.35. The molecular weight excluding hydrogens is 338 g/mol. The van der Waals surface area contributed by atoms with Crippen molar-refractivity contribution < 1.29 is 4.79 Å². The van der Waals surface area contributed by atoms with Gasteiger partial charge in [0.05, 0.1) is 10.9 Å². The van der Waals surface area contributed by atoms with Crippen LogP contribution in [-0.4, -0.2) is 15.5 Å². The third-order valence-electron chi connectivity index (χ3n) is 4.13. The van der Waals surface area contributed by atoms with E-state index in [4.69, 9.17) is 11.6 Å². The van der Waals surface area contributed by atoms with Crippen molar-refractivity contribution in [1.82, 2.24) is 9.55 Å². The average Bonchev–Trinajstić information content (AvgIpc) is 2.60. The monoisotopic (exact) mass is 355 g/mol. The molecule has 3 rings (SSSR count). The second-order valence-electron chi connectivity index (χ2n) is 5.92. The maximum Gasteiger partial charge on any atom is 0.261 e. The number of aryl methyl sites for hydroxylation is 2. The molecule has 6 heteroatoms. The van der Waals surface area contributed by atoms with Crippen LogP contribution in [0.3, 0.4) is 0 Å². The maximum absolute atomic E-state index is 12.4. The van der Waals surface area contributed by atoms with Crippen molar-refractivity contribution in [3.05, 3.63) is 69.2 Å². The Labute approximate surface area is 150 Å². The lowest BCUT2D eigenvalue weighted by Gasteiger charge is -2.11. The quantitative estimate of drug-likeness (QED) is 0.779. The van der Waals surface area contributed by atoms with Crippen molar-refractivity contribution >= 4 is 34.1 Å². The minimum atomic E-state index is -0.146. The van der Waals surface area contributed by atoms with Crippen LogP contribution in [0.15, 0.2) is 47.3 Å². The van der Waals surface area contributed by atoms with Crippen molar-refractivity contribution in [1.29, 1.82) is 0 Å². The van der Waals surface area contributed by atoms with E-state index >= 15 is 0 Å². The van der Waals surface area contributed by atoms with Crippen molar-refractivity contribution in [3.8, 4) is 0 Å². The minimum absolute atomic E-state index is 0.105. The minimum Gasteiger partial charge on any atom is -0.326 e. The van der Waals surface area contributed by atoms with E-state index in [-0.39, 0.29) is 17.9 Å². The van der Waals surface area contributed by atoms with E-state index in [1.165, 1.54) is 4.57 Å². The van der Waals surface area contributed by atoms with Crippen molar-refractivity contribution in [2.45, 2.75) is 19.8 Å². The van der Waals surface area contributed by atoms with Gasteiger partial charge in [0.1, 0.15) is 5.82 Å². The SMILES string of the molecule is Cc1ccc(Cl)cc1NC(=O)CCc1nc2ccccc2c(=O)n1C. The number of amides is 1. The van der Waals surface area contributed by atoms with Gasteiger partial charge in [-0.2, -0.15) is 0 Å². The Hall–Kier alpha value is -2.66. The first-order chi connectivity index (χ1) is 12.0. The first kappa shape index (κ1) is 17.2. The number of benzene rings is 2. The molecule has 0 spiro atoms. The van der Waals surface area contributed by atoms with Gasteiger partial charge >= 0.3 is 0 Å². The van der Waals surface area contributed by atoms with E-state index in [0.29, 0.717) is 33.9 Å². The molecule has 0 saturated carbocycles. The molecule has 0 fully saturated rings. The Morgan fingerprint density at radius 3 is 2.80 bits per heavy atom. The van der Waals surface area contributed by atoms with Crippen LogP contribution in [0.1, 0.15) is 17.8 Å². The number of carbonyl (C=O) groups is 1. The number of aromatic nitrogens is 2. The third kappa shape index (κ3) is 3.72. The summed E-state index contributed by atoms with van der Waals surface area (Å²) in [4.78, 5) is 29.1. The van der Waals surface area contributed by atoms with Gasteiger partial charge in [-0.15, -0.1) is 0 Å². The molecule has 0 aliphatic carbocycles. The van der Waals surface area contributed by atoms with Crippen molar-refractivity contribution in [2.75, 3.05) is 5.32 Å². The third-order valence-corrected chi connectivity index (χ3v) is 4.36. The molecule has 0 atom stereocenters. The van der Waals surface area contributed by atoms with E-state index in [2.05, 4.69) is 10.3 Å². The number of rotatable bonds is 4. The number of hydrogen-bond donors (Lipinski definition) is 1. The molecule has 25 heavy (non-hydrogen) atoms. The highest BCUT2D eigenvalue weighted by atomic mass is 35.5. The predicted octanol–water partition coefficient (Wildman–Crippen LogP) is 3.47. The lowest BCUT2D eigenvalue weighted by atomic mass is 10.2. The molecule has 5 nitrogen and oxygen atoms in total. The summed E-state index contributed by atoms with van der Waals surface area (Å²) in [6.45, 7) is 1.90. The first-order valence-electron chi connectivity index (χ1n) is 7.96. The highest BCUT2D eigenvalue weighted by Gasteiger charge is 2.11. The largest absolute Gasteiger partial charge is 0.326 e. The second kappa shape index (κ2) is 7.07. The van der Waals surface area contributed by atoms with Gasteiger partial charge in [0.2, 0.25) is 5.91 Å². The van der Waals surface area contributed by atoms with Crippen LogP contribution >= 0.6 is 11.6 Å². The highest BCUT2D eigenvalue weighted by molar-refractivity contribution is 6.31. The summed E-state index contributed by atoms with van der Waals surface area (Å²) in [6, 6.07) is 12.6. The number of carbonyl (C=O) groups excluding carboxylic acids is 1. The molecule has 0 bridgehead atoms. The van der Waals surface area contributed by atoms with Gasteiger partial charge in [0.25, 0.3) is 5.56 Å². The molecular formula is C19H18ClN3O2. The lowest BCUT2D eigenvalue weighted by Crippen LogP contribution is -2.23. The zero-order valence-corrected chi connectivity index (χ0v) is 14.8. The fraction of sp³-hybridized carbons (Fsp3) is 0.211. The number of para-hydroxylation sites is 1. The molecule has 1 heterocycles. The Balaban J connectivity index is 1.76. The summed E-state index contributed by atoms with van der Waals surface area (Å²) >= 11 is 5.97. The molecule has 3 aromatic rings. The molecule has 0 unspecified atom stereocenters. The Morgan fingerprint density at radius 1 is 1.24 bits per heavy atom. The van der Waals surface area contributed by atoms with Gasteiger partial charge in [-0.25, -0.2) is 4.98 Å². The van der Waals surface area contributed by atoms with Gasteiger partial charge in [0.15, 0.2) is 0 Å². The van der Waals surface area contributed by atoms with E-state index in [9.17, 15) is 9.59 Å². The first-order valence-corrected chi connectivity index (χ1v) is 8.34. The molecule has 0 aliphatic heterocycles. The zero-order valence-electron chi connectivity index (χ0n) is 14.0. The summed E-state index contributed by atoms with van der Waals surface area (Å²) in [7, 11) is 1.68. The molecule has 128 valence electrons. The zero-order chi connectivity index (χ0) is 18.0. The van der Waals surface area contributed by atoms with Crippen LogP contribution in [0.2, 0.25) is 5.02 Å². The van der Waals surface area contributed by atoms with Gasteiger partial charge < -0.3 is 5.32 Å². The Morgan fingerprint density at radius 2 is 2.00 bits per heavy atom. The van der Waals surface area contributed by atoms with Crippen LogP contribution in [0.5, 0.6) is 0 Å². The predicted molar refractivity (Wildman–Crippen MR) is 100 cm³/mol. The van der Waals surface area contributed by atoms with Crippen molar-refractivity contribution in [2.24, 2.45) is 7.05 Å². The molecule has 0 radical (unpaired) electrons. The van der Waals surface area contributed by atoms with Gasteiger partial charge in [0, 0.05) is 30.6 Å². The number of hydrogen-bond acceptors (Lipinski definition) is 3. The van der Waals surface area contributed by atoms with Crippen LogP contribution in [-0.2, 0) is 18.3 Å². The maximum atomic E-state index is 12.4. The van der Waals surface area contributed by atoms with Crippen LogP contribution < -0.4 is 10.9 Å². The number of anilines is 1. The van der Waals surface area contributed by atoms with Crippen LogP contribution in [0.4, 0.5) is 5.69 Å². The van der Waals surface area contributed by atoms with Crippen LogP contribution in [0.25, 0.3) is 10.9 Å². The summed E-state index contributed by atoms with van der Waals surface area (Å²) in [5.41, 5.74) is 2.17. The normalized spacial score (nSPS) is 10.8. The molecule has 1 aromatic heterocycles. The Kier molecular flexibility index (Phi) is 4.86. The van der Waals surface area contributed by atoms with E-state index in [0.717, 1.165) is 5.56 Å². The Bertz CT molecular complexity index is 1010. The highest BCUT2D eigenvalue weighted by Crippen LogP contribution is 2.20. The molecule has 2 aromatic carbocycles. The lowest BCUT2D eigenvalue weighted by molar-refractivity contribution is -0.116. The van der Waals surface area contributed by atoms with E-state index in [1.54, 1.807) is 31.3 Å². The molecule has 1 amide bonds. The topological polar surface area (TPSA) is 64.0 Å². The summed E-state index contributed by atoms with van der Waals surface area (Å²) in [5, 5.41) is 4.00. The molecule has 1 N–H and O–H groups in total. The summed E-state index contributed by atoms with van der Waals surface area (Å²) in [5.74, 6) is 0.439. The molecule has 0 aliphatic rings. The van der Waals surface area contributed by atoms with E-state index in [1.807, 2.05) is 25.1 Å². The number of fused-ring (bicyclic) bond motifs is 1. The fourth-order valence-electron chi connectivity index (χ4n) is 2.65. The van der Waals surface area contributed by atoms with Gasteiger partial charge in [-0.05, 0) is 36.8 Å². The van der Waals surface area contributed by atoms with E-state index < -0.39 is 0 Å². The van der Waals surface area contributed by atoms with Crippen LogP contribution in [0, 0.1) is 6.92 Å². The smallest absolute Gasteiger partial charge is 0.261 e. The van der Waals surface area contributed by atoms with Gasteiger partial charge in [-0.1, -0.05) is 29.8 Å². The summed E-state index contributed by atoms with van der Waals surface area (Å²) in [6.07, 6.45) is 0.604. The summed E-state index contributed by atoms with van der Waals surface area (Å²) < 4.78 is 1.50. The number of nitrogens with one attached hydrogen (secondary N) is 1.